The molecular weight excluding hydrogens is 358 g/mol. The standard InChI is InChI=1S/C19H27N7O2/c1-5-15-19(26(4)6-2)25-18(16(24-15)17(20)28)23-14-8-10-22-13(11-14)7-9-21-12(3)27/h8,10-11H,5-7,9H2,1-4H3,(H2,20,28)(H,21,27)(H,22,23,25). The molecule has 0 atom stereocenters. The average Bonchev–Trinajstić information content (AvgIpc) is 2.66. The van der Waals surface area contributed by atoms with E-state index < -0.39 is 5.91 Å². The van der Waals surface area contributed by atoms with Gasteiger partial charge in [-0.05, 0) is 25.5 Å². The molecule has 2 aromatic rings. The number of primary amides is 1. The second kappa shape index (κ2) is 9.63. The molecule has 0 saturated carbocycles. The number of carbonyl (C=O) groups excluding carboxylic acids is 2. The van der Waals surface area contributed by atoms with Gasteiger partial charge in [0.1, 0.15) is 0 Å². The Morgan fingerprint density at radius 2 is 2.00 bits per heavy atom. The summed E-state index contributed by atoms with van der Waals surface area (Å²) in [5.74, 6) is 0.283. The maximum atomic E-state index is 11.9. The molecule has 150 valence electrons. The number of anilines is 3. The minimum absolute atomic E-state index is 0.0840. The zero-order chi connectivity index (χ0) is 20.7. The summed E-state index contributed by atoms with van der Waals surface area (Å²) in [4.78, 5) is 38.2. The molecule has 0 saturated heterocycles. The van der Waals surface area contributed by atoms with Gasteiger partial charge < -0.3 is 21.3 Å². The lowest BCUT2D eigenvalue weighted by Gasteiger charge is -2.20. The molecule has 0 aliphatic rings. The summed E-state index contributed by atoms with van der Waals surface area (Å²) in [5.41, 5.74) is 7.84. The van der Waals surface area contributed by atoms with Gasteiger partial charge >= 0.3 is 0 Å². The first-order valence-corrected chi connectivity index (χ1v) is 9.23. The van der Waals surface area contributed by atoms with Crippen LogP contribution >= 0.6 is 0 Å². The van der Waals surface area contributed by atoms with Gasteiger partial charge in [-0.25, -0.2) is 9.97 Å². The number of carbonyl (C=O) groups is 2. The Morgan fingerprint density at radius 1 is 1.25 bits per heavy atom. The summed E-state index contributed by atoms with van der Waals surface area (Å²) in [7, 11) is 1.92. The Labute approximate surface area is 164 Å². The number of pyridine rings is 1. The van der Waals surface area contributed by atoms with Gasteiger partial charge in [0.2, 0.25) is 5.91 Å². The first kappa shape index (κ1) is 21.1. The van der Waals surface area contributed by atoms with E-state index in [4.69, 9.17) is 5.73 Å². The third-order valence-corrected chi connectivity index (χ3v) is 4.19. The first-order valence-electron chi connectivity index (χ1n) is 9.23. The molecule has 0 spiro atoms. The van der Waals surface area contributed by atoms with Crippen molar-refractivity contribution in [2.45, 2.75) is 33.6 Å². The summed E-state index contributed by atoms with van der Waals surface area (Å²) < 4.78 is 0. The van der Waals surface area contributed by atoms with Crippen LogP contribution in [0.25, 0.3) is 0 Å². The zero-order valence-electron chi connectivity index (χ0n) is 16.7. The minimum Gasteiger partial charge on any atom is -0.364 e. The molecule has 9 nitrogen and oxygen atoms in total. The lowest BCUT2D eigenvalue weighted by atomic mass is 10.2. The SMILES string of the molecule is CCc1nc(C(N)=O)c(Nc2ccnc(CCNC(C)=O)c2)nc1N(C)CC. The molecule has 4 N–H and O–H groups in total. The van der Waals surface area contributed by atoms with Crippen LogP contribution in [0.1, 0.15) is 42.6 Å². The van der Waals surface area contributed by atoms with Gasteiger partial charge in [0, 0.05) is 51.1 Å². The number of nitrogens with one attached hydrogen (secondary N) is 2. The van der Waals surface area contributed by atoms with E-state index in [2.05, 4.69) is 25.6 Å². The molecule has 2 amide bonds. The molecule has 28 heavy (non-hydrogen) atoms. The van der Waals surface area contributed by atoms with E-state index >= 15 is 0 Å². The smallest absolute Gasteiger partial charge is 0.271 e. The van der Waals surface area contributed by atoms with Crippen LogP contribution in [0.2, 0.25) is 0 Å². The van der Waals surface area contributed by atoms with Gasteiger partial charge in [0.15, 0.2) is 17.3 Å². The predicted molar refractivity (Wildman–Crippen MR) is 109 cm³/mol. The van der Waals surface area contributed by atoms with Crippen molar-refractivity contribution in [3.8, 4) is 0 Å². The summed E-state index contributed by atoms with van der Waals surface area (Å²) in [6.45, 7) is 6.69. The summed E-state index contributed by atoms with van der Waals surface area (Å²) in [6, 6.07) is 3.61. The van der Waals surface area contributed by atoms with Crippen LogP contribution in [0.5, 0.6) is 0 Å². The molecule has 0 unspecified atom stereocenters. The highest BCUT2D eigenvalue weighted by Crippen LogP contribution is 2.24. The normalized spacial score (nSPS) is 10.4. The second-order valence-corrected chi connectivity index (χ2v) is 6.32. The third-order valence-electron chi connectivity index (χ3n) is 4.19. The summed E-state index contributed by atoms with van der Waals surface area (Å²) >= 11 is 0. The quantitative estimate of drug-likeness (QED) is 0.596. The van der Waals surface area contributed by atoms with Gasteiger partial charge in [0.05, 0.1) is 5.69 Å². The number of hydrogen-bond donors (Lipinski definition) is 3. The summed E-state index contributed by atoms with van der Waals surface area (Å²) in [6.07, 6.45) is 2.88. The molecule has 2 heterocycles. The molecule has 0 aromatic carbocycles. The van der Waals surface area contributed by atoms with Crippen molar-refractivity contribution in [2.75, 3.05) is 30.4 Å². The van der Waals surface area contributed by atoms with Gasteiger partial charge in [-0.3, -0.25) is 14.6 Å². The highest BCUT2D eigenvalue weighted by molar-refractivity contribution is 5.96. The van der Waals surface area contributed by atoms with Crippen LogP contribution in [-0.4, -0.2) is 46.9 Å². The molecule has 0 aliphatic carbocycles. The molecule has 2 rings (SSSR count). The van der Waals surface area contributed by atoms with Crippen molar-refractivity contribution in [3.05, 3.63) is 35.4 Å². The first-order chi connectivity index (χ1) is 13.3. The van der Waals surface area contributed by atoms with Gasteiger partial charge in [-0.15, -0.1) is 0 Å². The number of amides is 2. The Hall–Kier alpha value is -3.23. The van der Waals surface area contributed by atoms with E-state index in [9.17, 15) is 9.59 Å². The number of hydrogen-bond acceptors (Lipinski definition) is 7. The highest BCUT2D eigenvalue weighted by atomic mass is 16.1. The van der Waals surface area contributed by atoms with Crippen molar-refractivity contribution in [1.29, 1.82) is 0 Å². The van der Waals surface area contributed by atoms with Crippen molar-refractivity contribution < 1.29 is 9.59 Å². The number of aryl methyl sites for hydroxylation is 1. The Bertz CT molecular complexity index is 854. The fourth-order valence-corrected chi connectivity index (χ4v) is 2.61. The largest absolute Gasteiger partial charge is 0.364 e. The monoisotopic (exact) mass is 385 g/mol. The predicted octanol–water partition coefficient (Wildman–Crippen LogP) is 1.41. The Morgan fingerprint density at radius 3 is 2.61 bits per heavy atom. The van der Waals surface area contributed by atoms with Gasteiger partial charge in [-0.1, -0.05) is 6.92 Å². The number of nitrogens with zero attached hydrogens (tertiary/aromatic N) is 4. The fraction of sp³-hybridized carbons (Fsp3) is 0.421. The van der Waals surface area contributed by atoms with E-state index in [1.54, 1.807) is 12.3 Å². The van der Waals surface area contributed by atoms with Crippen LogP contribution in [0.15, 0.2) is 18.3 Å². The molecule has 9 heteroatoms. The Kier molecular flexibility index (Phi) is 7.25. The van der Waals surface area contributed by atoms with Crippen molar-refractivity contribution in [3.63, 3.8) is 0 Å². The van der Waals surface area contributed by atoms with E-state index in [1.807, 2.05) is 31.9 Å². The summed E-state index contributed by atoms with van der Waals surface area (Å²) in [5, 5.41) is 5.87. The Balaban J connectivity index is 2.34. The molecule has 0 bridgehead atoms. The number of rotatable bonds is 9. The zero-order valence-corrected chi connectivity index (χ0v) is 16.7. The maximum absolute atomic E-state index is 11.9. The van der Waals surface area contributed by atoms with Crippen LogP contribution in [0.4, 0.5) is 17.3 Å². The van der Waals surface area contributed by atoms with Crippen molar-refractivity contribution in [1.82, 2.24) is 20.3 Å². The highest BCUT2D eigenvalue weighted by Gasteiger charge is 2.19. The van der Waals surface area contributed by atoms with Crippen LogP contribution < -0.4 is 21.3 Å². The van der Waals surface area contributed by atoms with Crippen LogP contribution in [0.3, 0.4) is 0 Å². The van der Waals surface area contributed by atoms with E-state index in [0.717, 1.165) is 17.9 Å². The van der Waals surface area contributed by atoms with Crippen molar-refractivity contribution >= 4 is 29.1 Å². The van der Waals surface area contributed by atoms with Crippen LogP contribution in [-0.2, 0) is 17.6 Å². The lowest BCUT2D eigenvalue weighted by molar-refractivity contribution is -0.118. The van der Waals surface area contributed by atoms with Gasteiger partial charge in [0.25, 0.3) is 5.91 Å². The van der Waals surface area contributed by atoms with Gasteiger partial charge in [-0.2, -0.15) is 0 Å². The topological polar surface area (TPSA) is 126 Å². The fourth-order valence-electron chi connectivity index (χ4n) is 2.61. The third kappa shape index (κ3) is 5.38. The molecule has 0 aliphatic heterocycles. The molecule has 2 aromatic heterocycles. The maximum Gasteiger partial charge on any atom is 0.271 e. The van der Waals surface area contributed by atoms with E-state index in [1.165, 1.54) is 6.92 Å². The van der Waals surface area contributed by atoms with E-state index in [0.29, 0.717) is 36.7 Å². The molecular formula is C19H27N7O2. The molecule has 0 fully saturated rings. The molecule has 0 radical (unpaired) electrons. The number of nitrogens with two attached hydrogens (primary N) is 1. The lowest BCUT2D eigenvalue weighted by Crippen LogP contribution is -2.24. The van der Waals surface area contributed by atoms with Crippen LogP contribution in [0, 0.1) is 0 Å². The number of aromatic nitrogens is 3. The van der Waals surface area contributed by atoms with E-state index in [-0.39, 0.29) is 11.6 Å². The van der Waals surface area contributed by atoms with Crippen molar-refractivity contribution in [2.24, 2.45) is 5.73 Å². The average molecular weight is 385 g/mol. The second-order valence-electron chi connectivity index (χ2n) is 6.32. The minimum atomic E-state index is -0.643.